The Kier molecular flexibility index (Phi) is 3.60. The second-order valence-electron chi connectivity index (χ2n) is 3.71. The van der Waals surface area contributed by atoms with E-state index in [4.69, 9.17) is 17.3 Å². The van der Waals surface area contributed by atoms with Crippen molar-refractivity contribution in [2.75, 3.05) is 17.7 Å². The molecule has 2 aromatic carbocycles. The van der Waals surface area contributed by atoms with E-state index in [0.717, 1.165) is 15.8 Å². The number of nitrogens with zero attached hydrogens (tertiary/aromatic N) is 1. The number of anilines is 3. The highest BCUT2D eigenvalue weighted by Gasteiger charge is 2.10. The highest BCUT2D eigenvalue weighted by molar-refractivity contribution is 9.10. The fourth-order valence-corrected chi connectivity index (χ4v) is 2.38. The molecule has 0 amide bonds. The Morgan fingerprint density at radius 1 is 1.12 bits per heavy atom. The molecule has 4 heteroatoms. The second-order valence-corrected chi connectivity index (χ2v) is 5.00. The van der Waals surface area contributed by atoms with Gasteiger partial charge >= 0.3 is 0 Å². The first-order valence-corrected chi connectivity index (χ1v) is 6.30. The van der Waals surface area contributed by atoms with Crippen LogP contribution < -0.4 is 10.6 Å². The van der Waals surface area contributed by atoms with Crippen LogP contribution in [0.15, 0.2) is 46.9 Å². The Morgan fingerprint density at radius 3 is 2.53 bits per heavy atom. The lowest BCUT2D eigenvalue weighted by Crippen LogP contribution is -2.12. The average molecular weight is 312 g/mol. The number of rotatable bonds is 2. The molecule has 0 heterocycles. The summed E-state index contributed by atoms with van der Waals surface area (Å²) in [6.07, 6.45) is 0. The zero-order chi connectivity index (χ0) is 12.4. The molecule has 2 N–H and O–H groups in total. The molecule has 0 spiro atoms. The predicted octanol–water partition coefficient (Wildman–Crippen LogP) is 4.45. The quantitative estimate of drug-likeness (QED) is 0.830. The highest BCUT2D eigenvalue weighted by Crippen LogP contribution is 2.34. The summed E-state index contributed by atoms with van der Waals surface area (Å²) in [5.74, 6) is 0. The lowest BCUT2D eigenvalue weighted by atomic mass is 10.2. The van der Waals surface area contributed by atoms with E-state index in [-0.39, 0.29) is 0 Å². The van der Waals surface area contributed by atoms with E-state index in [9.17, 15) is 0 Å². The fourth-order valence-electron chi connectivity index (χ4n) is 1.66. The van der Waals surface area contributed by atoms with Crippen LogP contribution in [0, 0.1) is 0 Å². The highest BCUT2D eigenvalue weighted by atomic mass is 79.9. The summed E-state index contributed by atoms with van der Waals surface area (Å²) in [5.41, 5.74) is 8.60. The van der Waals surface area contributed by atoms with Crippen LogP contribution in [0.5, 0.6) is 0 Å². The third-order valence-electron chi connectivity index (χ3n) is 2.57. The lowest BCUT2D eigenvalue weighted by Gasteiger charge is -2.22. The summed E-state index contributed by atoms with van der Waals surface area (Å²) in [6.45, 7) is 0. The fraction of sp³-hybridized carbons (Fsp3) is 0.0769. The standard InChI is InChI=1S/C13H12BrClN2/c1-17(12-5-3-2-4-10(12)14)13-8-9(15)6-7-11(13)16/h2-8H,16H2,1H3. The first kappa shape index (κ1) is 12.3. The van der Waals surface area contributed by atoms with Gasteiger partial charge in [0, 0.05) is 16.5 Å². The topological polar surface area (TPSA) is 29.3 Å². The Balaban J connectivity index is 2.47. The third kappa shape index (κ3) is 2.56. The summed E-state index contributed by atoms with van der Waals surface area (Å²) in [6, 6.07) is 13.4. The number of para-hydroxylation sites is 1. The molecule has 0 aliphatic rings. The zero-order valence-electron chi connectivity index (χ0n) is 9.32. The van der Waals surface area contributed by atoms with Gasteiger partial charge < -0.3 is 10.6 Å². The van der Waals surface area contributed by atoms with Crippen molar-refractivity contribution in [3.8, 4) is 0 Å². The number of hydrogen-bond acceptors (Lipinski definition) is 2. The predicted molar refractivity (Wildman–Crippen MR) is 78.1 cm³/mol. The van der Waals surface area contributed by atoms with Crippen molar-refractivity contribution in [2.24, 2.45) is 0 Å². The van der Waals surface area contributed by atoms with Gasteiger partial charge in [-0.1, -0.05) is 23.7 Å². The molecular formula is C13H12BrClN2. The van der Waals surface area contributed by atoms with Crippen LogP contribution in [0.2, 0.25) is 5.02 Å². The Hall–Kier alpha value is -1.19. The minimum absolute atomic E-state index is 0.674. The van der Waals surface area contributed by atoms with Crippen molar-refractivity contribution in [1.29, 1.82) is 0 Å². The number of nitrogen functional groups attached to an aromatic ring is 1. The number of benzene rings is 2. The lowest BCUT2D eigenvalue weighted by molar-refractivity contribution is 1.20. The van der Waals surface area contributed by atoms with Gasteiger partial charge in [-0.25, -0.2) is 0 Å². The Bertz CT molecular complexity index is 543. The van der Waals surface area contributed by atoms with E-state index in [1.54, 1.807) is 6.07 Å². The molecular weight excluding hydrogens is 300 g/mol. The maximum atomic E-state index is 5.99. The second kappa shape index (κ2) is 4.98. The molecule has 0 bridgehead atoms. The van der Waals surface area contributed by atoms with E-state index in [2.05, 4.69) is 15.9 Å². The molecule has 0 aliphatic carbocycles. The van der Waals surface area contributed by atoms with E-state index < -0.39 is 0 Å². The van der Waals surface area contributed by atoms with Gasteiger partial charge in [-0.2, -0.15) is 0 Å². The molecule has 2 aromatic rings. The average Bonchev–Trinajstić information content (AvgIpc) is 2.32. The molecule has 0 aliphatic heterocycles. The van der Waals surface area contributed by atoms with Crippen molar-refractivity contribution < 1.29 is 0 Å². The summed E-state index contributed by atoms with van der Waals surface area (Å²) >= 11 is 9.52. The third-order valence-corrected chi connectivity index (χ3v) is 3.47. The summed E-state index contributed by atoms with van der Waals surface area (Å²) < 4.78 is 1.02. The van der Waals surface area contributed by atoms with Crippen LogP contribution in [-0.4, -0.2) is 7.05 Å². The molecule has 2 rings (SSSR count). The molecule has 0 saturated heterocycles. The summed E-state index contributed by atoms with van der Waals surface area (Å²) in [4.78, 5) is 2.01. The van der Waals surface area contributed by atoms with Crippen LogP contribution in [0.4, 0.5) is 17.1 Å². The number of nitrogens with two attached hydrogens (primary N) is 1. The van der Waals surface area contributed by atoms with E-state index in [1.165, 1.54) is 0 Å². The number of hydrogen-bond donors (Lipinski definition) is 1. The minimum Gasteiger partial charge on any atom is -0.397 e. The molecule has 0 unspecified atom stereocenters. The van der Waals surface area contributed by atoms with Gasteiger partial charge in [-0.15, -0.1) is 0 Å². The van der Waals surface area contributed by atoms with E-state index >= 15 is 0 Å². The molecule has 0 saturated carbocycles. The summed E-state index contributed by atoms with van der Waals surface area (Å²) in [5, 5.41) is 0.674. The zero-order valence-corrected chi connectivity index (χ0v) is 11.7. The van der Waals surface area contributed by atoms with Crippen LogP contribution in [-0.2, 0) is 0 Å². The van der Waals surface area contributed by atoms with Crippen LogP contribution >= 0.6 is 27.5 Å². The van der Waals surface area contributed by atoms with Crippen molar-refractivity contribution in [2.45, 2.75) is 0 Å². The van der Waals surface area contributed by atoms with Gasteiger partial charge in [-0.05, 0) is 46.3 Å². The van der Waals surface area contributed by atoms with Crippen molar-refractivity contribution >= 4 is 44.6 Å². The normalized spacial score (nSPS) is 10.3. The van der Waals surface area contributed by atoms with Crippen molar-refractivity contribution in [3.63, 3.8) is 0 Å². The molecule has 0 fully saturated rings. The maximum Gasteiger partial charge on any atom is 0.0656 e. The molecule has 0 atom stereocenters. The Labute approximate surface area is 114 Å². The van der Waals surface area contributed by atoms with E-state index in [1.807, 2.05) is 48.3 Å². The smallest absolute Gasteiger partial charge is 0.0656 e. The monoisotopic (exact) mass is 310 g/mol. The molecule has 0 radical (unpaired) electrons. The van der Waals surface area contributed by atoms with Crippen molar-refractivity contribution in [3.05, 3.63) is 52.0 Å². The molecule has 88 valence electrons. The Morgan fingerprint density at radius 2 is 1.82 bits per heavy atom. The van der Waals surface area contributed by atoms with Crippen LogP contribution in [0.3, 0.4) is 0 Å². The van der Waals surface area contributed by atoms with Crippen LogP contribution in [0.1, 0.15) is 0 Å². The van der Waals surface area contributed by atoms with E-state index in [0.29, 0.717) is 10.7 Å². The van der Waals surface area contributed by atoms with Gasteiger partial charge in [0.2, 0.25) is 0 Å². The van der Waals surface area contributed by atoms with Crippen LogP contribution in [0.25, 0.3) is 0 Å². The van der Waals surface area contributed by atoms with Gasteiger partial charge in [0.15, 0.2) is 0 Å². The minimum atomic E-state index is 0.674. The maximum absolute atomic E-state index is 5.99. The van der Waals surface area contributed by atoms with Gasteiger partial charge in [-0.3, -0.25) is 0 Å². The van der Waals surface area contributed by atoms with Gasteiger partial charge in [0.25, 0.3) is 0 Å². The first-order chi connectivity index (χ1) is 8.09. The number of halogens is 2. The van der Waals surface area contributed by atoms with Gasteiger partial charge in [0.1, 0.15) is 0 Å². The SMILES string of the molecule is CN(c1cc(Cl)ccc1N)c1ccccc1Br. The largest absolute Gasteiger partial charge is 0.397 e. The van der Waals surface area contributed by atoms with Gasteiger partial charge in [0.05, 0.1) is 17.1 Å². The van der Waals surface area contributed by atoms with Crippen molar-refractivity contribution in [1.82, 2.24) is 0 Å². The molecule has 2 nitrogen and oxygen atoms in total. The first-order valence-electron chi connectivity index (χ1n) is 5.13. The summed E-state index contributed by atoms with van der Waals surface area (Å²) in [7, 11) is 1.96. The molecule has 17 heavy (non-hydrogen) atoms. The molecule has 0 aromatic heterocycles.